The van der Waals surface area contributed by atoms with E-state index in [-0.39, 0.29) is 5.82 Å². The van der Waals surface area contributed by atoms with Crippen LogP contribution in [-0.4, -0.2) is 18.2 Å². The van der Waals surface area contributed by atoms with Gasteiger partial charge in [0.05, 0.1) is 6.10 Å². The molecule has 2 nitrogen and oxygen atoms in total. The maximum Gasteiger partial charge on any atom is 0.126 e. The van der Waals surface area contributed by atoms with Crippen LogP contribution in [0.15, 0.2) is 12.1 Å². The van der Waals surface area contributed by atoms with Gasteiger partial charge in [-0.15, -0.1) is 0 Å². The van der Waals surface area contributed by atoms with E-state index in [1.54, 1.807) is 13.8 Å². The molecule has 3 heteroatoms. The number of benzene rings is 1. The number of rotatable bonds is 8. The van der Waals surface area contributed by atoms with Crippen LogP contribution in [0, 0.1) is 12.7 Å². The number of aliphatic hydroxyl groups is 1. The summed E-state index contributed by atoms with van der Waals surface area (Å²) in [5, 5.41) is 9.93. The van der Waals surface area contributed by atoms with E-state index in [4.69, 9.17) is 0 Å². The molecule has 20 heavy (non-hydrogen) atoms. The van der Waals surface area contributed by atoms with E-state index in [0.717, 1.165) is 44.5 Å². The molecule has 0 aromatic heterocycles. The number of unbranched alkanes of at least 4 members (excludes halogenated alkanes) is 2. The first-order chi connectivity index (χ1) is 9.51. The standard InChI is InChI=1S/C17H28FNO/c1-5-7-9-19(10-8-6-2)17-11-13(3)16(18)12-15(17)14(4)20/h11-12,14,20H,5-10H2,1-4H3/t14-/m0/s1. The number of aliphatic hydroxyl groups excluding tert-OH is 1. The molecule has 0 saturated carbocycles. The Kier molecular flexibility index (Phi) is 7.00. The van der Waals surface area contributed by atoms with Crippen LogP contribution in [0.1, 0.15) is 63.7 Å². The quantitative estimate of drug-likeness (QED) is 0.753. The zero-order valence-corrected chi connectivity index (χ0v) is 13.2. The third kappa shape index (κ3) is 4.48. The average molecular weight is 281 g/mol. The predicted octanol–water partition coefficient (Wildman–Crippen LogP) is 4.59. The van der Waals surface area contributed by atoms with Crippen molar-refractivity contribution in [3.8, 4) is 0 Å². The number of anilines is 1. The van der Waals surface area contributed by atoms with E-state index in [2.05, 4.69) is 18.7 Å². The third-order valence-corrected chi connectivity index (χ3v) is 3.66. The Bertz CT molecular complexity index is 410. The van der Waals surface area contributed by atoms with E-state index in [0.29, 0.717) is 11.1 Å². The van der Waals surface area contributed by atoms with Crippen molar-refractivity contribution in [2.45, 2.75) is 59.5 Å². The monoisotopic (exact) mass is 281 g/mol. The summed E-state index contributed by atoms with van der Waals surface area (Å²) in [6, 6.07) is 3.36. The van der Waals surface area contributed by atoms with Crippen molar-refractivity contribution in [2.75, 3.05) is 18.0 Å². The summed E-state index contributed by atoms with van der Waals surface area (Å²) < 4.78 is 13.8. The SMILES string of the molecule is CCCCN(CCCC)c1cc(C)c(F)cc1[C@H](C)O. The van der Waals surface area contributed by atoms with Crippen LogP contribution in [0.3, 0.4) is 0 Å². The van der Waals surface area contributed by atoms with Gasteiger partial charge in [-0.05, 0) is 44.4 Å². The van der Waals surface area contributed by atoms with Crippen molar-refractivity contribution >= 4 is 5.69 Å². The van der Waals surface area contributed by atoms with Gasteiger partial charge in [0.25, 0.3) is 0 Å². The highest BCUT2D eigenvalue weighted by atomic mass is 19.1. The lowest BCUT2D eigenvalue weighted by atomic mass is 10.0. The van der Waals surface area contributed by atoms with Crippen LogP contribution < -0.4 is 4.90 Å². The normalized spacial score (nSPS) is 12.5. The van der Waals surface area contributed by atoms with Crippen LogP contribution in [-0.2, 0) is 0 Å². The molecular weight excluding hydrogens is 253 g/mol. The minimum atomic E-state index is -0.647. The molecular formula is C17H28FNO. The molecule has 0 aliphatic rings. The molecule has 0 radical (unpaired) electrons. The Morgan fingerprint density at radius 2 is 1.70 bits per heavy atom. The molecule has 0 saturated heterocycles. The Morgan fingerprint density at radius 3 is 2.15 bits per heavy atom. The Labute approximate surface area is 122 Å². The van der Waals surface area contributed by atoms with Gasteiger partial charge in [-0.3, -0.25) is 0 Å². The van der Waals surface area contributed by atoms with E-state index < -0.39 is 6.10 Å². The number of halogens is 1. The number of hydrogen-bond acceptors (Lipinski definition) is 2. The lowest BCUT2D eigenvalue weighted by Gasteiger charge is -2.28. The van der Waals surface area contributed by atoms with Crippen molar-refractivity contribution in [2.24, 2.45) is 0 Å². The minimum absolute atomic E-state index is 0.240. The van der Waals surface area contributed by atoms with Crippen LogP contribution in [0.4, 0.5) is 10.1 Å². The van der Waals surface area contributed by atoms with Crippen molar-refractivity contribution in [3.63, 3.8) is 0 Å². The number of hydrogen-bond donors (Lipinski definition) is 1. The molecule has 1 rings (SSSR count). The summed E-state index contributed by atoms with van der Waals surface area (Å²) in [5.74, 6) is -0.240. The van der Waals surface area contributed by atoms with Gasteiger partial charge in [0.1, 0.15) is 5.82 Å². The molecule has 0 spiro atoms. The second kappa shape index (κ2) is 8.25. The molecule has 0 aliphatic carbocycles. The molecule has 114 valence electrons. The fraction of sp³-hybridized carbons (Fsp3) is 0.647. The number of aryl methyl sites for hydroxylation is 1. The summed E-state index contributed by atoms with van der Waals surface area (Å²) in [6.45, 7) is 9.74. The molecule has 0 amide bonds. The molecule has 1 aromatic carbocycles. The third-order valence-electron chi connectivity index (χ3n) is 3.66. The van der Waals surface area contributed by atoms with Gasteiger partial charge in [0.15, 0.2) is 0 Å². The van der Waals surface area contributed by atoms with E-state index in [9.17, 15) is 9.50 Å². The molecule has 0 heterocycles. The zero-order valence-electron chi connectivity index (χ0n) is 13.2. The van der Waals surface area contributed by atoms with Gasteiger partial charge in [-0.2, -0.15) is 0 Å². The first kappa shape index (κ1) is 17.0. The topological polar surface area (TPSA) is 23.5 Å². The molecule has 0 aliphatic heterocycles. The second-order valence-electron chi connectivity index (χ2n) is 5.53. The summed E-state index contributed by atoms with van der Waals surface area (Å²) in [5.41, 5.74) is 2.32. The highest BCUT2D eigenvalue weighted by molar-refractivity contribution is 5.56. The Hall–Kier alpha value is -1.09. The predicted molar refractivity (Wildman–Crippen MR) is 83.8 cm³/mol. The van der Waals surface area contributed by atoms with E-state index in [1.807, 2.05) is 6.07 Å². The molecule has 0 fully saturated rings. The number of nitrogens with zero attached hydrogens (tertiary/aromatic N) is 1. The van der Waals surface area contributed by atoms with Crippen LogP contribution in [0.2, 0.25) is 0 Å². The second-order valence-corrected chi connectivity index (χ2v) is 5.53. The molecule has 1 aromatic rings. The van der Waals surface area contributed by atoms with Crippen molar-refractivity contribution < 1.29 is 9.50 Å². The van der Waals surface area contributed by atoms with Crippen molar-refractivity contribution in [1.82, 2.24) is 0 Å². The lowest BCUT2D eigenvalue weighted by molar-refractivity contribution is 0.199. The molecule has 0 unspecified atom stereocenters. The fourth-order valence-corrected chi connectivity index (χ4v) is 2.34. The summed E-state index contributed by atoms with van der Waals surface area (Å²) in [4.78, 5) is 2.29. The Morgan fingerprint density at radius 1 is 1.15 bits per heavy atom. The first-order valence-corrected chi connectivity index (χ1v) is 7.74. The van der Waals surface area contributed by atoms with Gasteiger partial charge < -0.3 is 10.0 Å². The largest absolute Gasteiger partial charge is 0.389 e. The summed E-state index contributed by atoms with van der Waals surface area (Å²) >= 11 is 0. The average Bonchev–Trinajstić information content (AvgIpc) is 2.41. The highest BCUT2D eigenvalue weighted by Crippen LogP contribution is 2.30. The smallest absolute Gasteiger partial charge is 0.126 e. The Balaban J connectivity index is 3.11. The molecule has 1 N–H and O–H groups in total. The highest BCUT2D eigenvalue weighted by Gasteiger charge is 2.16. The summed E-state index contributed by atoms with van der Waals surface area (Å²) in [7, 11) is 0. The van der Waals surface area contributed by atoms with Crippen LogP contribution in [0.5, 0.6) is 0 Å². The van der Waals surface area contributed by atoms with Gasteiger partial charge in [0, 0.05) is 24.3 Å². The van der Waals surface area contributed by atoms with Gasteiger partial charge in [-0.1, -0.05) is 26.7 Å². The van der Waals surface area contributed by atoms with Gasteiger partial charge in [0.2, 0.25) is 0 Å². The maximum atomic E-state index is 13.8. The maximum absolute atomic E-state index is 13.8. The minimum Gasteiger partial charge on any atom is -0.389 e. The first-order valence-electron chi connectivity index (χ1n) is 7.74. The molecule has 0 bridgehead atoms. The lowest BCUT2D eigenvalue weighted by Crippen LogP contribution is -2.27. The zero-order chi connectivity index (χ0) is 15.1. The van der Waals surface area contributed by atoms with Crippen LogP contribution >= 0.6 is 0 Å². The van der Waals surface area contributed by atoms with Gasteiger partial charge >= 0.3 is 0 Å². The fourth-order valence-electron chi connectivity index (χ4n) is 2.34. The van der Waals surface area contributed by atoms with E-state index in [1.165, 1.54) is 6.07 Å². The summed E-state index contributed by atoms with van der Waals surface area (Å²) in [6.07, 6.45) is 3.84. The van der Waals surface area contributed by atoms with Crippen molar-refractivity contribution in [1.29, 1.82) is 0 Å². The van der Waals surface area contributed by atoms with Crippen molar-refractivity contribution in [3.05, 3.63) is 29.1 Å². The molecule has 1 atom stereocenters. The van der Waals surface area contributed by atoms with Gasteiger partial charge in [-0.25, -0.2) is 4.39 Å². The van der Waals surface area contributed by atoms with E-state index >= 15 is 0 Å². The van der Waals surface area contributed by atoms with Crippen LogP contribution in [0.25, 0.3) is 0 Å².